The molecule has 1 aromatic rings. The lowest BCUT2D eigenvalue weighted by molar-refractivity contribution is -0.115. The third-order valence-electron chi connectivity index (χ3n) is 3.49. The Hall–Kier alpha value is -0.930. The van der Waals surface area contributed by atoms with E-state index in [4.69, 9.17) is 0 Å². The van der Waals surface area contributed by atoms with E-state index in [1.165, 1.54) is 24.8 Å². The minimum absolute atomic E-state index is 0.0217. The lowest BCUT2D eigenvalue weighted by Gasteiger charge is -2.24. The summed E-state index contributed by atoms with van der Waals surface area (Å²) in [6.07, 6.45) is 0. The summed E-state index contributed by atoms with van der Waals surface area (Å²) in [6, 6.07) is 4.14. The van der Waals surface area contributed by atoms with Crippen LogP contribution in [-0.2, 0) is 14.6 Å². The molecule has 2 atom stereocenters. The second-order valence-electron chi connectivity index (χ2n) is 5.18. The first-order valence-electron chi connectivity index (χ1n) is 6.47. The molecule has 0 aliphatic carbocycles. The molecule has 22 heavy (non-hydrogen) atoms. The van der Waals surface area contributed by atoms with Gasteiger partial charge in [-0.05, 0) is 18.2 Å². The van der Waals surface area contributed by atoms with Gasteiger partial charge in [-0.2, -0.15) is 4.99 Å². The van der Waals surface area contributed by atoms with Crippen LogP contribution in [0.1, 0.15) is 6.92 Å². The van der Waals surface area contributed by atoms with Crippen LogP contribution in [0.2, 0.25) is 0 Å². The van der Waals surface area contributed by atoms with E-state index in [1.54, 1.807) is 17.0 Å². The lowest BCUT2D eigenvalue weighted by Crippen LogP contribution is -2.38. The van der Waals surface area contributed by atoms with E-state index in [9.17, 15) is 17.6 Å². The van der Waals surface area contributed by atoms with Gasteiger partial charge in [-0.1, -0.05) is 27.7 Å². The Morgan fingerprint density at radius 2 is 2.18 bits per heavy atom. The number of carbonyl (C=O) groups is 1. The fraction of sp³-hybridized carbons (Fsp3) is 0.385. The molecule has 5 nitrogen and oxygen atoms in total. The Balaban J connectivity index is 2.08. The van der Waals surface area contributed by atoms with Crippen LogP contribution in [0.4, 0.5) is 10.1 Å². The number of thioether (sulfide) groups is 1. The number of halogens is 2. The number of rotatable bonds is 1. The molecule has 1 amide bonds. The quantitative estimate of drug-likeness (QED) is 0.714. The zero-order valence-corrected chi connectivity index (χ0v) is 14.7. The molecular formula is C13H12BrFN2O3S2. The molecule has 0 bridgehead atoms. The zero-order valence-electron chi connectivity index (χ0n) is 11.5. The van der Waals surface area contributed by atoms with E-state index in [2.05, 4.69) is 20.9 Å². The summed E-state index contributed by atoms with van der Waals surface area (Å²) < 4.78 is 38.6. The van der Waals surface area contributed by atoms with Crippen LogP contribution in [0.15, 0.2) is 27.7 Å². The monoisotopic (exact) mass is 406 g/mol. The molecular weight excluding hydrogens is 395 g/mol. The molecule has 2 saturated heterocycles. The number of amidine groups is 1. The van der Waals surface area contributed by atoms with E-state index in [0.717, 1.165) is 0 Å². The largest absolute Gasteiger partial charge is 0.313 e. The number of amides is 1. The number of anilines is 1. The van der Waals surface area contributed by atoms with Crippen molar-refractivity contribution in [2.45, 2.75) is 18.2 Å². The number of fused-ring (bicyclic) bond motifs is 1. The van der Waals surface area contributed by atoms with Crippen molar-refractivity contribution in [3.8, 4) is 0 Å². The van der Waals surface area contributed by atoms with Gasteiger partial charge in [-0.3, -0.25) is 4.79 Å². The van der Waals surface area contributed by atoms with Crippen LogP contribution in [0, 0.1) is 5.82 Å². The van der Waals surface area contributed by atoms with Crippen molar-refractivity contribution in [1.29, 1.82) is 0 Å². The highest BCUT2D eigenvalue weighted by atomic mass is 79.9. The number of aliphatic imine (C=N–C) groups is 1. The Bertz CT molecular complexity index is 781. The smallest absolute Gasteiger partial charge is 0.244 e. The first kappa shape index (κ1) is 15.9. The number of hydrogen-bond donors (Lipinski definition) is 0. The summed E-state index contributed by atoms with van der Waals surface area (Å²) in [7, 11) is -3.15. The Morgan fingerprint density at radius 3 is 2.82 bits per heavy atom. The van der Waals surface area contributed by atoms with Crippen LogP contribution >= 0.6 is 27.7 Å². The number of nitrogens with zero attached hydrogens (tertiary/aromatic N) is 2. The van der Waals surface area contributed by atoms with Crippen molar-refractivity contribution in [3.05, 3.63) is 28.5 Å². The van der Waals surface area contributed by atoms with E-state index in [-0.39, 0.29) is 22.4 Å². The van der Waals surface area contributed by atoms with Crippen LogP contribution in [-0.4, -0.2) is 42.3 Å². The standard InChI is InChI=1S/C13H12BrFN2O3S2/c1-7(18)16-13-17(10-3-2-8(14)4-9(10)15)11-5-22(19,20)6-12(11)21-13/h2-4,11-12H,5-6H2,1H3/t11-,12+/m1/s1. The first-order chi connectivity index (χ1) is 10.3. The van der Waals surface area contributed by atoms with Crippen LogP contribution in [0.3, 0.4) is 0 Å². The zero-order chi connectivity index (χ0) is 16.1. The summed E-state index contributed by atoms with van der Waals surface area (Å²) in [6.45, 7) is 1.31. The van der Waals surface area contributed by atoms with Crippen molar-refractivity contribution < 1.29 is 17.6 Å². The van der Waals surface area contributed by atoms with Gasteiger partial charge >= 0.3 is 0 Å². The lowest BCUT2D eigenvalue weighted by atomic mass is 10.2. The summed E-state index contributed by atoms with van der Waals surface area (Å²) in [5, 5.41) is 0.129. The Kier molecular flexibility index (Phi) is 4.07. The molecule has 0 radical (unpaired) electrons. The van der Waals surface area contributed by atoms with Gasteiger partial charge in [0.25, 0.3) is 0 Å². The fourth-order valence-electron chi connectivity index (χ4n) is 2.66. The number of carbonyl (C=O) groups excluding carboxylic acids is 1. The molecule has 2 fully saturated rings. The third kappa shape index (κ3) is 2.93. The van der Waals surface area contributed by atoms with Gasteiger partial charge in [0, 0.05) is 16.6 Å². The number of sulfone groups is 1. The average Bonchev–Trinajstić information content (AvgIpc) is 2.81. The molecule has 1 aromatic carbocycles. The minimum atomic E-state index is -3.15. The highest BCUT2D eigenvalue weighted by Crippen LogP contribution is 2.42. The topological polar surface area (TPSA) is 66.8 Å². The van der Waals surface area contributed by atoms with Crippen molar-refractivity contribution in [2.24, 2.45) is 4.99 Å². The van der Waals surface area contributed by atoms with Crippen LogP contribution in [0.25, 0.3) is 0 Å². The summed E-state index contributed by atoms with van der Waals surface area (Å²) in [4.78, 5) is 16.8. The van der Waals surface area contributed by atoms with Crippen molar-refractivity contribution in [1.82, 2.24) is 0 Å². The highest BCUT2D eigenvalue weighted by Gasteiger charge is 2.49. The predicted octanol–water partition coefficient (Wildman–Crippen LogP) is 2.21. The normalized spacial score (nSPS) is 28.1. The van der Waals surface area contributed by atoms with E-state index in [1.807, 2.05) is 0 Å². The van der Waals surface area contributed by atoms with Gasteiger partial charge in [0.1, 0.15) is 5.82 Å². The SMILES string of the molecule is CC(=O)N=C1S[C@H]2CS(=O)(=O)C[C@H]2N1c1ccc(Br)cc1F. The average molecular weight is 407 g/mol. The molecule has 2 aliphatic rings. The van der Waals surface area contributed by atoms with Crippen molar-refractivity contribution >= 4 is 54.3 Å². The molecule has 0 saturated carbocycles. The van der Waals surface area contributed by atoms with Crippen LogP contribution in [0.5, 0.6) is 0 Å². The van der Waals surface area contributed by atoms with E-state index in [0.29, 0.717) is 9.64 Å². The van der Waals surface area contributed by atoms with Gasteiger partial charge < -0.3 is 4.90 Å². The first-order valence-corrected chi connectivity index (χ1v) is 9.97. The molecule has 0 unspecified atom stereocenters. The van der Waals surface area contributed by atoms with E-state index >= 15 is 0 Å². The summed E-state index contributed by atoms with van der Waals surface area (Å²) in [5.41, 5.74) is 0.236. The van der Waals surface area contributed by atoms with Gasteiger partial charge in [0.05, 0.1) is 23.2 Å². The van der Waals surface area contributed by atoms with Crippen molar-refractivity contribution in [3.63, 3.8) is 0 Å². The molecule has 2 aliphatic heterocycles. The molecule has 0 N–H and O–H groups in total. The Labute approximate surface area is 140 Å². The van der Waals surface area contributed by atoms with Gasteiger partial charge in [0.2, 0.25) is 5.91 Å². The molecule has 0 spiro atoms. The second kappa shape index (κ2) is 5.61. The predicted molar refractivity (Wildman–Crippen MR) is 88.5 cm³/mol. The maximum absolute atomic E-state index is 14.3. The molecule has 2 heterocycles. The summed E-state index contributed by atoms with van der Waals surface area (Å²) >= 11 is 4.42. The van der Waals surface area contributed by atoms with Crippen molar-refractivity contribution in [2.75, 3.05) is 16.4 Å². The van der Waals surface area contributed by atoms with Crippen LogP contribution < -0.4 is 4.90 Å². The number of benzene rings is 1. The maximum Gasteiger partial charge on any atom is 0.244 e. The second-order valence-corrected chi connectivity index (χ2v) is 9.46. The highest BCUT2D eigenvalue weighted by molar-refractivity contribution is 9.10. The minimum Gasteiger partial charge on any atom is -0.313 e. The summed E-state index contributed by atoms with van der Waals surface area (Å²) in [5.74, 6) is -0.922. The van der Waals surface area contributed by atoms with Gasteiger partial charge in [-0.25, -0.2) is 12.8 Å². The molecule has 3 rings (SSSR count). The Morgan fingerprint density at radius 1 is 1.45 bits per heavy atom. The van der Waals surface area contributed by atoms with E-state index < -0.39 is 27.6 Å². The third-order valence-corrected chi connectivity index (χ3v) is 7.19. The molecule has 9 heteroatoms. The maximum atomic E-state index is 14.3. The van der Waals surface area contributed by atoms with Gasteiger partial charge in [0.15, 0.2) is 15.0 Å². The number of hydrogen-bond acceptors (Lipinski definition) is 4. The fourth-order valence-corrected chi connectivity index (χ4v) is 6.94. The molecule has 118 valence electrons. The van der Waals surface area contributed by atoms with Gasteiger partial charge in [-0.15, -0.1) is 0 Å². The molecule has 0 aromatic heterocycles.